The third kappa shape index (κ3) is 3.00. The van der Waals surface area contributed by atoms with Crippen LogP contribution in [-0.2, 0) is 6.42 Å². The molecule has 2 rings (SSSR count). The molecule has 0 saturated carbocycles. The van der Waals surface area contributed by atoms with Gasteiger partial charge >= 0.3 is 0 Å². The Bertz CT molecular complexity index is 442. The van der Waals surface area contributed by atoms with Crippen LogP contribution in [0.15, 0.2) is 16.9 Å². The Morgan fingerprint density at radius 1 is 1.56 bits per heavy atom. The molecule has 1 aliphatic carbocycles. The van der Waals surface area contributed by atoms with Gasteiger partial charge in [-0.1, -0.05) is 13.0 Å². The molecule has 1 aromatic heterocycles. The molecular weight excluding hydrogens is 228 g/mol. The van der Waals surface area contributed by atoms with Crippen LogP contribution in [0.3, 0.4) is 0 Å². The summed E-state index contributed by atoms with van der Waals surface area (Å²) in [5, 5.41) is 12.6. The number of fused-ring (bicyclic) bond motifs is 1. The minimum atomic E-state index is -0.0169. The molecule has 0 saturated heterocycles. The number of H-pyrrole nitrogens is 1. The van der Waals surface area contributed by atoms with Crippen LogP contribution < -0.4 is 10.9 Å². The molecule has 0 aliphatic heterocycles. The highest BCUT2D eigenvalue weighted by atomic mass is 16.3. The third-order valence-electron chi connectivity index (χ3n) is 3.74. The molecule has 0 bridgehead atoms. The smallest absolute Gasteiger partial charge is 0.248 e. The maximum Gasteiger partial charge on any atom is 0.248 e. The largest absolute Gasteiger partial charge is 0.396 e. The Morgan fingerprint density at radius 3 is 3.11 bits per heavy atom. The van der Waals surface area contributed by atoms with Crippen LogP contribution >= 0.6 is 0 Å². The van der Waals surface area contributed by atoms with E-state index in [9.17, 15) is 4.79 Å². The number of aryl methyl sites for hydroxylation is 1. The molecule has 0 radical (unpaired) electrons. The highest BCUT2D eigenvalue weighted by molar-refractivity contribution is 5.26. The van der Waals surface area contributed by atoms with Gasteiger partial charge in [-0.15, -0.1) is 0 Å². The van der Waals surface area contributed by atoms with E-state index in [0.717, 1.165) is 37.8 Å². The summed E-state index contributed by atoms with van der Waals surface area (Å²) in [5.41, 5.74) is 2.28. The number of hydrogen-bond donors (Lipinski definition) is 3. The second kappa shape index (κ2) is 6.16. The van der Waals surface area contributed by atoms with Crippen LogP contribution in [0.4, 0.5) is 0 Å². The van der Waals surface area contributed by atoms with Crippen molar-refractivity contribution in [1.82, 2.24) is 10.3 Å². The lowest BCUT2D eigenvalue weighted by molar-refractivity contribution is 0.251. The molecular formula is C14H22N2O2. The Balaban J connectivity index is 2.14. The minimum Gasteiger partial charge on any atom is -0.396 e. The first-order valence-electron chi connectivity index (χ1n) is 6.83. The Hall–Kier alpha value is -1.13. The van der Waals surface area contributed by atoms with Crippen molar-refractivity contribution in [3.8, 4) is 0 Å². The summed E-state index contributed by atoms with van der Waals surface area (Å²) in [6.07, 6.45) is 4.95. The molecule has 2 unspecified atom stereocenters. The average Bonchev–Trinajstić information content (AvgIpc) is 2.38. The third-order valence-corrected chi connectivity index (χ3v) is 3.74. The number of pyridine rings is 1. The molecule has 2 atom stereocenters. The summed E-state index contributed by atoms with van der Waals surface area (Å²) < 4.78 is 0. The molecule has 0 fully saturated rings. The quantitative estimate of drug-likeness (QED) is 0.742. The normalized spacial score (nSPS) is 20.4. The molecule has 100 valence electrons. The lowest BCUT2D eigenvalue weighted by Crippen LogP contribution is -2.35. The molecule has 1 heterocycles. The monoisotopic (exact) mass is 250 g/mol. The van der Waals surface area contributed by atoms with Crippen molar-refractivity contribution >= 4 is 0 Å². The zero-order valence-corrected chi connectivity index (χ0v) is 10.9. The first kappa shape index (κ1) is 13.3. The number of aliphatic hydroxyl groups excluding tert-OH is 1. The summed E-state index contributed by atoms with van der Waals surface area (Å²) in [7, 11) is 0. The van der Waals surface area contributed by atoms with Crippen molar-refractivity contribution in [3.05, 3.63) is 33.7 Å². The maximum absolute atomic E-state index is 11.3. The van der Waals surface area contributed by atoms with Crippen LogP contribution in [0, 0.1) is 0 Å². The van der Waals surface area contributed by atoms with E-state index in [0.29, 0.717) is 12.1 Å². The first-order valence-corrected chi connectivity index (χ1v) is 6.83. The van der Waals surface area contributed by atoms with Crippen molar-refractivity contribution in [3.63, 3.8) is 0 Å². The van der Waals surface area contributed by atoms with E-state index in [-0.39, 0.29) is 12.2 Å². The second-order valence-electron chi connectivity index (χ2n) is 4.99. The number of aromatic amines is 1. The summed E-state index contributed by atoms with van der Waals surface area (Å²) in [4.78, 5) is 14.3. The fourth-order valence-electron chi connectivity index (χ4n) is 2.72. The van der Waals surface area contributed by atoms with Gasteiger partial charge in [-0.2, -0.15) is 0 Å². The van der Waals surface area contributed by atoms with Gasteiger partial charge < -0.3 is 15.4 Å². The standard InChI is InChI=1S/C14H22N2O2/c1-2-10(8-9-17)15-12-4-3-5-13-11(12)6-7-14(18)16-13/h6-7,10,12,15,17H,2-5,8-9H2,1H3,(H,16,18). The zero-order chi connectivity index (χ0) is 13.0. The van der Waals surface area contributed by atoms with Gasteiger partial charge in [-0.3, -0.25) is 4.79 Å². The average molecular weight is 250 g/mol. The summed E-state index contributed by atoms with van der Waals surface area (Å²) in [6, 6.07) is 4.20. The molecule has 1 aliphatic rings. The fraction of sp³-hybridized carbons (Fsp3) is 0.643. The van der Waals surface area contributed by atoms with Crippen molar-refractivity contribution in [2.24, 2.45) is 0 Å². The Labute approximate surface area is 107 Å². The predicted octanol–water partition coefficient (Wildman–Crippen LogP) is 1.50. The Morgan fingerprint density at radius 2 is 2.39 bits per heavy atom. The molecule has 0 aromatic carbocycles. The van der Waals surface area contributed by atoms with E-state index in [4.69, 9.17) is 5.11 Å². The Kier molecular flexibility index (Phi) is 4.55. The van der Waals surface area contributed by atoms with Gasteiger partial charge in [0.1, 0.15) is 0 Å². The molecule has 4 heteroatoms. The van der Waals surface area contributed by atoms with Crippen molar-refractivity contribution < 1.29 is 5.11 Å². The first-order chi connectivity index (χ1) is 8.74. The van der Waals surface area contributed by atoms with Gasteiger partial charge in [0.2, 0.25) is 5.56 Å². The van der Waals surface area contributed by atoms with Gasteiger partial charge in [-0.25, -0.2) is 0 Å². The van der Waals surface area contributed by atoms with Crippen molar-refractivity contribution in [2.45, 2.75) is 51.1 Å². The van der Waals surface area contributed by atoms with Gasteiger partial charge in [-0.05, 0) is 37.7 Å². The predicted molar refractivity (Wildman–Crippen MR) is 71.7 cm³/mol. The van der Waals surface area contributed by atoms with E-state index in [1.807, 2.05) is 6.07 Å². The topological polar surface area (TPSA) is 65.1 Å². The summed E-state index contributed by atoms with van der Waals surface area (Å²) in [5.74, 6) is 0. The lowest BCUT2D eigenvalue weighted by atomic mass is 9.90. The summed E-state index contributed by atoms with van der Waals surface area (Å²) in [6.45, 7) is 2.35. The molecule has 0 spiro atoms. The van der Waals surface area contributed by atoms with E-state index < -0.39 is 0 Å². The van der Waals surface area contributed by atoms with Gasteiger partial charge in [0.25, 0.3) is 0 Å². The number of nitrogens with one attached hydrogen (secondary N) is 2. The molecule has 0 amide bonds. The summed E-state index contributed by atoms with van der Waals surface area (Å²) >= 11 is 0. The number of rotatable bonds is 5. The number of aliphatic hydroxyl groups is 1. The number of aromatic nitrogens is 1. The van der Waals surface area contributed by atoms with Crippen LogP contribution in [-0.4, -0.2) is 22.7 Å². The fourth-order valence-corrected chi connectivity index (χ4v) is 2.72. The highest BCUT2D eigenvalue weighted by Crippen LogP contribution is 2.28. The minimum absolute atomic E-state index is 0.0169. The van der Waals surface area contributed by atoms with E-state index in [2.05, 4.69) is 17.2 Å². The van der Waals surface area contributed by atoms with E-state index >= 15 is 0 Å². The molecule has 18 heavy (non-hydrogen) atoms. The molecule has 3 N–H and O–H groups in total. The van der Waals surface area contributed by atoms with Gasteiger partial charge in [0.15, 0.2) is 0 Å². The van der Waals surface area contributed by atoms with Gasteiger partial charge in [0, 0.05) is 30.5 Å². The van der Waals surface area contributed by atoms with E-state index in [1.54, 1.807) is 6.07 Å². The molecule has 1 aromatic rings. The van der Waals surface area contributed by atoms with Crippen molar-refractivity contribution in [2.75, 3.05) is 6.61 Å². The van der Waals surface area contributed by atoms with Crippen LogP contribution in [0.25, 0.3) is 0 Å². The lowest BCUT2D eigenvalue weighted by Gasteiger charge is -2.29. The van der Waals surface area contributed by atoms with E-state index in [1.165, 1.54) is 5.56 Å². The second-order valence-corrected chi connectivity index (χ2v) is 4.99. The SMILES string of the molecule is CCC(CCO)NC1CCCc2[nH]c(=O)ccc21. The van der Waals surface area contributed by atoms with Gasteiger partial charge in [0.05, 0.1) is 0 Å². The zero-order valence-electron chi connectivity index (χ0n) is 10.9. The van der Waals surface area contributed by atoms with Crippen LogP contribution in [0.5, 0.6) is 0 Å². The maximum atomic E-state index is 11.3. The molecule has 4 nitrogen and oxygen atoms in total. The van der Waals surface area contributed by atoms with Crippen LogP contribution in [0.1, 0.15) is 49.9 Å². The highest BCUT2D eigenvalue weighted by Gasteiger charge is 2.22. The number of hydrogen-bond acceptors (Lipinski definition) is 3. The van der Waals surface area contributed by atoms with Crippen LogP contribution in [0.2, 0.25) is 0 Å². The van der Waals surface area contributed by atoms with Crippen molar-refractivity contribution in [1.29, 1.82) is 0 Å².